The lowest BCUT2D eigenvalue weighted by Gasteiger charge is -2.37. The number of sulfone groups is 1. The first-order chi connectivity index (χ1) is 13.0. The molecule has 7 heteroatoms. The summed E-state index contributed by atoms with van der Waals surface area (Å²) in [6, 6.07) is 15.7. The summed E-state index contributed by atoms with van der Waals surface area (Å²) in [4.78, 5) is 13.1. The van der Waals surface area contributed by atoms with Crippen LogP contribution in [-0.4, -0.2) is 50.8 Å². The molecule has 2 aromatic rings. The number of para-hydroxylation sites is 1. The number of carbonyl (C=O) groups excluding carboxylic acids is 1. The second-order valence-electron chi connectivity index (χ2n) is 6.10. The Morgan fingerprint density at radius 2 is 1.56 bits per heavy atom. The molecule has 1 heterocycles. The van der Waals surface area contributed by atoms with Crippen LogP contribution in [0.4, 0.5) is 0 Å². The van der Waals surface area contributed by atoms with Crippen molar-refractivity contribution in [1.82, 2.24) is 4.90 Å². The molecule has 0 unspecified atom stereocenters. The highest BCUT2D eigenvalue weighted by Crippen LogP contribution is 2.25. The van der Waals surface area contributed by atoms with Gasteiger partial charge in [-0.15, -0.1) is 0 Å². The smallest absolute Gasteiger partial charge is 0.246 e. The average molecular weight is 387 g/mol. The fraction of sp³-hybridized carbons (Fsp3) is 0.250. The zero-order valence-corrected chi connectivity index (χ0v) is 15.6. The Morgan fingerprint density at radius 1 is 1.00 bits per heavy atom. The molecule has 0 atom stereocenters. The molecule has 1 saturated heterocycles. The third-order valence-corrected chi connectivity index (χ3v) is 6.39. The number of carbonyl (C=O) groups is 1. The van der Waals surface area contributed by atoms with Crippen molar-refractivity contribution < 1.29 is 22.7 Å². The lowest BCUT2D eigenvalue weighted by Crippen LogP contribution is -2.56. The van der Waals surface area contributed by atoms with E-state index in [-0.39, 0.29) is 23.9 Å². The van der Waals surface area contributed by atoms with E-state index >= 15 is 0 Å². The number of ether oxygens (including phenoxy) is 2. The molecule has 0 aliphatic carbocycles. The van der Waals surface area contributed by atoms with Crippen LogP contribution in [0.25, 0.3) is 0 Å². The van der Waals surface area contributed by atoms with E-state index in [4.69, 9.17) is 9.47 Å². The van der Waals surface area contributed by atoms with Crippen LogP contribution in [0.1, 0.15) is 0 Å². The Labute approximate surface area is 158 Å². The molecule has 142 valence electrons. The molecule has 1 aliphatic rings. The highest BCUT2D eigenvalue weighted by molar-refractivity contribution is 7.92. The Bertz CT molecular complexity index is 888. The predicted octanol–water partition coefficient (Wildman–Crippen LogP) is 2.31. The number of hydrogen-bond donors (Lipinski definition) is 0. The number of rotatable bonds is 8. The van der Waals surface area contributed by atoms with Crippen molar-refractivity contribution in [3.05, 3.63) is 67.3 Å². The Morgan fingerprint density at radius 3 is 2.11 bits per heavy atom. The van der Waals surface area contributed by atoms with Crippen LogP contribution in [0.15, 0.2) is 72.1 Å². The van der Waals surface area contributed by atoms with Crippen LogP contribution < -0.4 is 9.47 Å². The normalized spacial score (nSPS) is 14.3. The Balaban J connectivity index is 1.49. The second-order valence-corrected chi connectivity index (χ2v) is 8.32. The van der Waals surface area contributed by atoms with Crippen molar-refractivity contribution in [2.24, 2.45) is 0 Å². The van der Waals surface area contributed by atoms with E-state index in [1.54, 1.807) is 12.1 Å². The monoisotopic (exact) mass is 387 g/mol. The lowest BCUT2D eigenvalue weighted by molar-refractivity contribution is -0.128. The molecule has 0 N–H and O–H groups in total. The molecule has 1 aliphatic heterocycles. The minimum atomic E-state index is -3.46. The van der Waals surface area contributed by atoms with Crippen LogP contribution in [0.3, 0.4) is 0 Å². The number of hydrogen-bond acceptors (Lipinski definition) is 5. The van der Waals surface area contributed by atoms with Gasteiger partial charge in [0.05, 0.1) is 4.90 Å². The van der Waals surface area contributed by atoms with Gasteiger partial charge in [0.2, 0.25) is 5.91 Å². The highest BCUT2D eigenvalue weighted by Gasteiger charge is 2.39. The first-order valence-electron chi connectivity index (χ1n) is 8.56. The van der Waals surface area contributed by atoms with Gasteiger partial charge in [0.25, 0.3) is 0 Å². The van der Waals surface area contributed by atoms with Crippen molar-refractivity contribution >= 4 is 15.7 Å². The van der Waals surface area contributed by atoms with Crippen LogP contribution in [-0.2, 0) is 14.6 Å². The van der Waals surface area contributed by atoms with Crippen molar-refractivity contribution in [2.45, 2.75) is 10.1 Å². The van der Waals surface area contributed by atoms with Crippen molar-refractivity contribution in [2.75, 3.05) is 26.3 Å². The number of amides is 1. The summed E-state index contributed by atoms with van der Waals surface area (Å²) in [7, 11) is -3.46. The van der Waals surface area contributed by atoms with Crippen LogP contribution in [0.5, 0.6) is 11.5 Å². The quantitative estimate of drug-likeness (QED) is 0.513. The third-order valence-electron chi connectivity index (χ3n) is 4.29. The molecule has 0 bridgehead atoms. The SMILES string of the molecule is C=CC(=O)N1CC(S(=O)(=O)c2ccc(OCCOc3ccccc3)cc2)C1. The van der Waals surface area contributed by atoms with Gasteiger partial charge < -0.3 is 14.4 Å². The molecular formula is C20H21NO5S. The summed E-state index contributed by atoms with van der Waals surface area (Å²) in [5.41, 5.74) is 0. The summed E-state index contributed by atoms with van der Waals surface area (Å²) in [6.45, 7) is 4.53. The van der Waals surface area contributed by atoms with Crippen molar-refractivity contribution in [1.29, 1.82) is 0 Å². The van der Waals surface area contributed by atoms with Crippen LogP contribution >= 0.6 is 0 Å². The maximum Gasteiger partial charge on any atom is 0.246 e. The first-order valence-corrected chi connectivity index (χ1v) is 10.1. The summed E-state index contributed by atoms with van der Waals surface area (Å²) in [6.07, 6.45) is 1.19. The van der Waals surface area contributed by atoms with Crippen LogP contribution in [0.2, 0.25) is 0 Å². The van der Waals surface area contributed by atoms with Gasteiger partial charge in [-0.25, -0.2) is 8.42 Å². The van der Waals surface area contributed by atoms with Gasteiger partial charge in [-0.05, 0) is 42.5 Å². The summed E-state index contributed by atoms with van der Waals surface area (Å²) < 4.78 is 36.3. The molecule has 0 saturated carbocycles. The summed E-state index contributed by atoms with van der Waals surface area (Å²) in [5.74, 6) is 1.10. The standard InChI is InChI=1S/C20H21NO5S/c1-2-20(22)21-14-19(15-21)27(23,24)18-10-8-17(9-11-18)26-13-12-25-16-6-4-3-5-7-16/h2-11,19H,1,12-15H2. The molecule has 0 spiro atoms. The molecule has 6 nitrogen and oxygen atoms in total. The maximum absolute atomic E-state index is 12.6. The summed E-state index contributed by atoms with van der Waals surface area (Å²) in [5, 5.41) is -0.576. The largest absolute Gasteiger partial charge is 0.490 e. The van der Waals surface area contributed by atoms with Gasteiger partial charge in [-0.1, -0.05) is 24.8 Å². The average Bonchev–Trinajstić information content (AvgIpc) is 2.65. The van der Waals surface area contributed by atoms with E-state index in [1.807, 2.05) is 30.3 Å². The van der Waals surface area contributed by atoms with Crippen LogP contribution in [0, 0.1) is 0 Å². The zero-order chi connectivity index (χ0) is 19.3. The highest BCUT2D eigenvalue weighted by atomic mass is 32.2. The first kappa shape index (κ1) is 19.0. The zero-order valence-electron chi connectivity index (χ0n) is 14.8. The van der Waals surface area contributed by atoms with E-state index in [9.17, 15) is 13.2 Å². The molecule has 2 aromatic carbocycles. The molecule has 1 fully saturated rings. The molecular weight excluding hydrogens is 366 g/mol. The molecule has 1 amide bonds. The Kier molecular flexibility index (Phi) is 5.81. The fourth-order valence-corrected chi connectivity index (χ4v) is 4.35. The molecule has 0 radical (unpaired) electrons. The van der Waals surface area contributed by atoms with Crippen molar-refractivity contribution in [3.8, 4) is 11.5 Å². The lowest BCUT2D eigenvalue weighted by atomic mass is 10.2. The van der Waals surface area contributed by atoms with E-state index in [2.05, 4.69) is 6.58 Å². The van der Waals surface area contributed by atoms with Gasteiger partial charge in [0, 0.05) is 13.1 Å². The number of nitrogens with zero attached hydrogens (tertiary/aromatic N) is 1. The predicted molar refractivity (Wildman–Crippen MR) is 102 cm³/mol. The molecule has 0 aromatic heterocycles. The van der Waals surface area contributed by atoms with Crippen molar-refractivity contribution in [3.63, 3.8) is 0 Å². The van der Waals surface area contributed by atoms with Gasteiger partial charge in [-0.2, -0.15) is 0 Å². The maximum atomic E-state index is 12.6. The van der Waals surface area contributed by atoms with E-state index in [0.717, 1.165) is 5.75 Å². The van der Waals surface area contributed by atoms with E-state index in [1.165, 1.54) is 23.1 Å². The minimum absolute atomic E-state index is 0.197. The van der Waals surface area contributed by atoms with E-state index < -0.39 is 15.1 Å². The van der Waals surface area contributed by atoms with Gasteiger partial charge >= 0.3 is 0 Å². The second kappa shape index (κ2) is 8.26. The number of likely N-dealkylation sites (tertiary alicyclic amines) is 1. The molecule has 27 heavy (non-hydrogen) atoms. The third kappa shape index (κ3) is 4.49. The Hall–Kier alpha value is -2.80. The van der Waals surface area contributed by atoms with Gasteiger partial charge in [-0.3, -0.25) is 4.79 Å². The minimum Gasteiger partial charge on any atom is -0.490 e. The van der Waals surface area contributed by atoms with Gasteiger partial charge in [0.1, 0.15) is 30.0 Å². The van der Waals surface area contributed by atoms with E-state index in [0.29, 0.717) is 19.0 Å². The fourth-order valence-electron chi connectivity index (χ4n) is 2.70. The van der Waals surface area contributed by atoms with Gasteiger partial charge in [0.15, 0.2) is 9.84 Å². The topological polar surface area (TPSA) is 72.9 Å². The number of benzene rings is 2. The summed E-state index contributed by atoms with van der Waals surface area (Å²) >= 11 is 0. The molecule has 3 rings (SSSR count).